The number of hydrogen-bond donors (Lipinski definition) is 2. The van der Waals surface area contributed by atoms with Crippen molar-refractivity contribution in [1.82, 2.24) is 30.6 Å². The molecular formula is C15H13N7S. The summed E-state index contributed by atoms with van der Waals surface area (Å²) in [4.78, 5) is 9.61. The third-order valence-electron chi connectivity index (χ3n) is 3.63. The third kappa shape index (κ3) is 2.64. The quantitative estimate of drug-likeness (QED) is 0.599. The van der Waals surface area contributed by atoms with Crippen molar-refractivity contribution in [2.75, 3.05) is 5.32 Å². The second-order valence-electron chi connectivity index (χ2n) is 5.09. The number of aromatic amines is 1. The molecule has 0 amide bonds. The lowest BCUT2D eigenvalue weighted by atomic mass is 10.1. The van der Waals surface area contributed by atoms with E-state index < -0.39 is 0 Å². The number of nitrogens with one attached hydrogen (secondary N) is 2. The number of thiophene rings is 1. The fourth-order valence-corrected chi connectivity index (χ4v) is 3.13. The van der Waals surface area contributed by atoms with E-state index in [2.05, 4.69) is 55.0 Å². The minimum absolute atomic E-state index is 0.118. The van der Waals surface area contributed by atoms with Gasteiger partial charge in [-0.05, 0) is 29.1 Å². The van der Waals surface area contributed by atoms with E-state index in [1.165, 1.54) is 0 Å². The van der Waals surface area contributed by atoms with Crippen LogP contribution in [-0.2, 0) is 0 Å². The molecule has 0 spiro atoms. The first-order valence-corrected chi connectivity index (χ1v) is 7.98. The average molecular weight is 323 g/mol. The predicted octanol–water partition coefficient (Wildman–Crippen LogP) is 3.04. The van der Waals surface area contributed by atoms with Crippen molar-refractivity contribution in [3.8, 4) is 11.4 Å². The van der Waals surface area contributed by atoms with Crippen molar-refractivity contribution in [3.63, 3.8) is 0 Å². The van der Waals surface area contributed by atoms with Gasteiger partial charge in [-0.25, -0.2) is 9.97 Å². The van der Waals surface area contributed by atoms with Crippen LogP contribution in [0.2, 0.25) is 0 Å². The fraction of sp³-hybridized carbons (Fsp3) is 0.133. The Hall–Kier alpha value is -2.87. The molecule has 0 radical (unpaired) electrons. The monoisotopic (exact) mass is 323 g/mol. The molecule has 114 valence electrons. The standard InChI is InChI=1S/C15H13N7S/c1-9(18-14-12-6-7-23-15(12)17-8-16-14)10-2-4-11(5-3-10)13-19-21-22-20-13/h2-9H,1H3,(H,16,17,18)(H,19,20,21,22)/t9-/m0/s1. The van der Waals surface area contributed by atoms with Crippen molar-refractivity contribution >= 4 is 27.4 Å². The summed E-state index contributed by atoms with van der Waals surface area (Å²) in [6.45, 7) is 2.10. The summed E-state index contributed by atoms with van der Waals surface area (Å²) < 4.78 is 0. The van der Waals surface area contributed by atoms with Crippen LogP contribution in [0.25, 0.3) is 21.6 Å². The van der Waals surface area contributed by atoms with E-state index in [1.54, 1.807) is 17.7 Å². The maximum atomic E-state index is 4.35. The first-order valence-electron chi connectivity index (χ1n) is 7.10. The lowest BCUT2D eigenvalue weighted by molar-refractivity contribution is 0.876. The van der Waals surface area contributed by atoms with Crippen molar-refractivity contribution in [3.05, 3.63) is 47.6 Å². The van der Waals surface area contributed by atoms with Crippen molar-refractivity contribution in [2.45, 2.75) is 13.0 Å². The molecular weight excluding hydrogens is 310 g/mol. The lowest BCUT2D eigenvalue weighted by Gasteiger charge is -2.15. The molecule has 3 heterocycles. The molecule has 23 heavy (non-hydrogen) atoms. The van der Waals surface area contributed by atoms with Gasteiger partial charge in [0.2, 0.25) is 5.82 Å². The molecule has 4 rings (SSSR count). The van der Waals surface area contributed by atoms with Gasteiger partial charge in [0, 0.05) is 11.6 Å². The minimum Gasteiger partial charge on any atom is -0.363 e. The van der Waals surface area contributed by atoms with Gasteiger partial charge >= 0.3 is 0 Å². The number of tetrazole rings is 1. The minimum atomic E-state index is 0.118. The van der Waals surface area contributed by atoms with Crippen LogP contribution in [0, 0.1) is 0 Å². The molecule has 8 heteroatoms. The molecule has 0 aliphatic rings. The Morgan fingerprint density at radius 2 is 2.00 bits per heavy atom. The number of hydrogen-bond acceptors (Lipinski definition) is 7. The van der Waals surface area contributed by atoms with Crippen LogP contribution in [0.3, 0.4) is 0 Å². The summed E-state index contributed by atoms with van der Waals surface area (Å²) in [5.41, 5.74) is 2.08. The van der Waals surface area contributed by atoms with Crippen LogP contribution in [0.5, 0.6) is 0 Å². The Kier molecular flexibility index (Phi) is 3.43. The normalized spacial score (nSPS) is 12.4. The van der Waals surface area contributed by atoms with E-state index >= 15 is 0 Å². The molecule has 0 saturated carbocycles. The Labute approximate surface area is 135 Å². The fourth-order valence-electron chi connectivity index (χ4n) is 2.40. The molecule has 0 saturated heterocycles. The molecule has 0 bridgehead atoms. The van der Waals surface area contributed by atoms with Crippen LogP contribution in [0.15, 0.2) is 42.0 Å². The smallest absolute Gasteiger partial charge is 0.204 e. The van der Waals surface area contributed by atoms with Gasteiger partial charge in [0.1, 0.15) is 17.0 Å². The van der Waals surface area contributed by atoms with Crippen LogP contribution < -0.4 is 5.32 Å². The SMILES string of the molecule is C[C@H](Nc1ncnc2sccc12)c1ccc(-c2nn[nH]n2)cc1. The van der Waals surface area contributed by atoms with Gasteiger partial charge in [0.05, 0.1) is 5.39 Å². The predicted molar refractivity (Wildman–Crippen MR) is 89.1 cm³/mol. The second-order valence-corrected chi connectivity index (χ2v) is 5.98. The van der Waals surface area contributed by atoms with Crippen LogP contribution in [0.4, 0.5) is 5.82 Å². The summed E-state index contributed by atoms with van der Waals surface area (Å²) in [5.74, 6) is 1.44. The van der Waals surface area contributed by atoms with Crippen LogP contribution >= 0.6 is 11.3 Å². The number of anilines is 1. The van der Waals surface area contributed by atoms with E-state index in [1.807, 2.05) is 23.6 Å². The summed E-state index contributed by atoms with van der Waals surface area (Å²) in [6.07, 6.45) is 1.59. The lowest BCUT2D eigenvalue weighted by Crippen LogP contribution is -2.08. The van der Waals surface area contributed by atoms with Gasteiger partial charge in [-0.1, -0.05) is 24.3 Å². The van der Waals surface area contributed by atoms with Gasteiger partial charge in [-0.15, -0.1) is 21.5 Å². The molecule has 0 fully saturated rings. The molecule has 2 N–H and O–H groups in total. The molecule has 3 aromatic heterocycles. The third-order valence-corrected chi connectivity index (χ3v) is 4.45. The molecule has 1 atom stereocenters. The first kappa shape index (κ1) is 13.8. The molecule has 0 aliphatic heterocycles. The highest BCUT2D eigenvalue weighted by Gasteiger charge is 2.11. The van der Waals surface area contributed by atoms with Gasteiger partial charge in [-0.2, -0.15) is 5.21 Å². The Morgan fingerprint density at radius 1 is 1.13 bits per heavy atom. The number of nitrogens with zero attached hydrogens (tertiary/aromatic N) is 5. The second kappa shape index (κ2) is 5.73. The molecule has 0 aliphatic carbocycles. The highest BCUT2D eigenvalue weighted by atomic mass is 32.1. The highest BCUT2D eigenvalue weighted by molar-refractivity contribution is 7.16. The Bertz CT molecular complexity index is 915. The maximum Gasteiger partial charge on any atom is 0.204 e. The molecule has 4 aromatic rings. The number of rotatable bonds is 4. The summed E-state index contributed by atoms with van der Waals surface area (Å²) in [6, 6.07) is 10.2. The number of fused-ring (bicyclic) bond motifs is 1. The summed E-state index contributed by atoms with van der Waals surface area (Å²) in [5, 5.41) is 20.5. The molecule has 0 unspecified atom stereocenters. The van der Waals surface area contributed by atoms with E-state index in [-0.39, 0.29) is 6.04 Å². The van der Waals surface area contributed by atoms with E-state index in [0.29, 0.717) is 5.82 Å². The van der Waals surface area contributed by atoms with Gasteiger partial charge < -0.3 is 5.32 Å². The largest absolute Gasteiger partial charge is 0.363 e. The van der Waals surface area contributed by atoms with Crippen molar-refractivity contribution in [1.29, 1.82) is 0 Å². The van der Waals surface area contributed by atoms with E-state index in [0.717, 1.165) is 27.2 Å². The van der Waals surface area contributed by atoms with E-state index in [4.69, 9.17) is 0 Å². The van der Waals surface area contributed by atoms with Crippen molar-refractivity contribution in [2.24, 2.45) is 0 Å². The zero-order chi connectivity index (χ0) is 15.6. The van der Waals surface area contributed by atoms with Crippen LogP contribution in [0.1, 0.15) is 18.5 Å². The highest BCUT2D eigenvalue weighted by Crippen LogP contribution is 2.27. The van der Waals surface area contributed by atoms with Crippen LogP contribution in [-0.4, -0.2) is 30.6 Å². The first-order chi connectivity index (χ1) is 11.3. The zero-order valence-corrected chi connectivity index (χ0v) is 13.1. The van der Waals surface area contributed by atoms with E-state index in [9.17, 15) is 0 Å². The van der Waals surface area contributed by atoms with Gasteiger partial charge in [-0.3, -0.25) is 0 Å². The molecule has 7 nitrogen and oxygen atoms in total. The Balaban J connectivity index is 1.57. The number of benzene rings is 1. The average Bonchev–Trinajstić information content (AvgIpc) is 3.27. The Morgan fingerprint density at radius 3 is 2.78 bits per heavy atom. The topological polar surface area (TPSA) is 92.3 Å². The number of aromatic nitrogens is 6. The van der Waals surface area contributed by atoms with Gasteiger partial charge in [0.15, 0.2) is 0 Å². The number of H-pyrrole nitrogens is 1. The van der Waals surface area contributed by atoms with Crippen molar-refractivity contribution < 1.29 is 0 Å². The van der Waals surface area contributed by atoms with Gasteiger partial charge in [0.25, 0.3) is 0 Å². The summed E-state index contributed by atoms with van der Waals surface area (Å²) in [7, 11) is 0. The maximum absolute atomic E-state index is 4.35. The summed E-state index contributed by atoms with van der Waals surface area (Å²) >= 11 is 1.61. The zero-order valence-electron chi connectivity index (χ0n) is 12.3. The molecule has 1 aromatic carbocycles.